The van der Waals surface area contributed by atoms with Gasteiger partial charge in [-0.05, 0) is 25.7 Å². The van der Waals surface area contributed by atoms with E-state index in [2.05, 4.69) is 0 Å². The third kappa shape index (κ3) is 0.611. The molecule has 0 heterocycles. The van der Waals surface area contributed by atoms with Crippen LogP contribution in [0, 0.1) is 5.41 Å². The number of hydrogen-bond donors (Lipinski definition) is 2. The van der Waals surface area contributed by atoms with Crippen LogP contribution in [0.4, 0.5) is 0 Å². The molecule has 0 aromatic carbocycles. The smallest absolute Gasteiger partial charge is 0.0505 e. The monoisotopic (exact) mass is 141 g/mol. The summed E-state index contributed by atoms with van der Waals surface area (Å²) in [5.74, 6) is 0. The minimum atomic E-state index is 0.0417. The molecule has 2 aliphatic rings. The fourth-order valence-corrected chi connectivity index (χ4v) is 2.08. The zero-order valence-electron chi connectivity index (χ0n) is 6.27. The fourth-order valence-electron chi connectivity index (χ4n) is 2.08. The summed E-state index contributed by atoms with van der Waals surface area (Å²) in [6, 6.07) is 0. The van der Waals surface area contributed by atoms with Crippen molar-refractivity contribution in [3.8, 4) is 0 Å². The third-order valence-corrected chi connectivity index (χ3v) is 3.46. The molecule has 2 fully saturated rings. The van der Waals surface area contributed by atoms with E-state index in [4.69, 9.17) is 10.8 Å². The highest BCUT2D eigenvalue weighted by Gasteiger charge is 2.58. The topological polar surface area (TPSA) is 46.2 Å². The summed E-state index contributed by atoms with van der Waals surface area (Å²) < 4.78 is 0. The van der Waals surface area contributed by atoms with Crippen molar-refractivity contribution in [1.29, 1.82) is 0 Å². The summed E-state index contributed by atoms with van der Waals surface area (Å²) in [6.45, 7) is 0.309. The number of nitrogens with two attached hydrogens (primary N) is 1. The minimum absolute atomic E-state index is 0.0417. The van der Waals surface area contributed by atoms with Gasteiger partial charge in [0.1, 0.15) is 0 Å². The molecule has 10 heavy (non-hydrogen) atoms. The molecule has 0 radical (unpaired) electrons. The van der Waals surface area contributed by atoms with Gasteiger partial charge < -0.3 is 10.8 Å². The first-order valence-electron chi connectivity index (χ1n) is 4.12. The predicted octanol–water partition coefficient (Wildman–Crippen LogP) is 0.640. The Bertz CT molecular complexity index is 142. The zero-order chi connectivity index (χ0) is 7.24. The Kier molecular flexibility index (Phi) is 1.15. The van der Waals surface area contributed by atoms with E-state index in [1.807, 2.05) is 0 Å². The summed E-state index contributed by atoms with van der Waals surface area (Å²) in [5.41, 5.74) is 6.22. The molecular formula is C8H15NO. The predicted molar refractivity (Wildman–Crippen MR) is 39.5 cm³/mol. The van der Waals surface area contributed by atoms with Gasteiger partial charge in [-0.3, -0.25) is 0 Å². The van der Waals surface area contributed by atoms with E-state index in [0.29, 0.717) is 6.61 Å². The van der Waals surface area contributed by atoms with Gasteiger partial charge in [0.25, 0.3) is 0 Å². The van der Waals surface area contributed by atoms with Gasteiger partial charge in [0.15, 0.2) is 0 Å². The van der Waals surface area contributed by atoms with Gasteiger partial charge in [0.2, 0.25) is 0 Å². The van der Waals surface area contributed by atoms with Gasteiger partial charge in [-0.2, -0.15) is 0 Å². The molecule has 2 heteroatoms. The van der Waals surface area contributed by atoms with Crippen LogP contribution >= 0.6 is 0 Å². The van der Waals surface area contributed by atoms with E-state index in [1.54, 1.807) is 0 Å². The standard InChI is InChI=1S/C8H15NO/c9-8(4-5-8)7(6-10)2-1-3-7/h10H,1-6,9H2. The van der Waals surface area contributed by atoms with Crippen molar-refractivity contribution in [3.63, 3.8) is 0 Å². The summed E-state index contributed by atoms with van der Waals surface area (Å²) in [4.78, 5) is 0. The van der Waals surface area contributed by atoms with Crippen LogP contribution in [-0.2, 0) is 0 Å². The van der Waals surface area contributed by atoms with Crippen molar-refractivity contribution in [2.75, 3.05) is 6.61 Å². The first kappa shape index (κ1) is 6.62. The first-order chi connectivity index (χ1) is 4.72. The molecule has 2 saturated carbocycles. The Hall–Kier alpha value is -0.0800. The van der Waals surface area contributed by atoms with E-state index in [-0.39, 0.29) is 11.0 Å². The molecule has 0 amide bonds. The van der Waals surface area contributed by atoms with Crippen molar-refractivity contribution in [1.82, 2.24) is 0 Å². The van der Waals surface area contributed by atoms with E-state index in [1.165, 1.54) is 6.42 Å². The third-order valence-electron chi connectivity index (χ3n) is 3.46. The average Bonchev–Trinajstić information content (AvgIpc) is 2.47. The molecule has 0 saturated heterocycles. The van der Waals surface area contributed by atoms with Crippen LogP contribution in [0.15, 0.2) is 0 Å². The minimum Gasteiger partial charge on any atom is -0.396 e. The van der Waals surface area contributed by atoms with Gasteiger partial charge in [0.05, 0.1) is 6.61 Å². The van der Waals surface area contributed by atoms with Crippen LogP contribution in [0.5, 0.6) is 0 Å². The second-order valence-electron chi connectivity index (χ2n) is 3.95. The van der Waals surface area contributed by atoms with E-state index >= 15 is 0 Å². The lowest BCUT2D eigenvalue weighted by Gasteiger charge is -2.45. The largest absolute Gasteiger partial charge is 0.396 e. The summed E-state index contributed by atoms with van der Waals surface area (Å²) in [5, 5.41) is 9.13. The lowest BCUT2D eigenvalue weighted by atomic mass is 9.63. The van der Waals surface area contributed by atoms with Crippen molar-refractivity contribution in [2.24, 2.45) is 11.1 Å². The van der Waals surface area contributed by atoms with Gasteiger partial charge in [-0.15, -0.1) is 0 Å². The SMILES string of the molecule is NC1(C2(CO)CCC2)CC1. The lowest BCUT2D eigenvalue weighted by Crippen LogP contribution is -2.51. The highest BCUT2D eigenvalue weighted by molar-refractivity contribution is 5.15. The Balaban J connectivity index is 2.11. The molecule has 2 rings (SSSR count). The van der Waals surface area contributed by atoms with Gasteiger partial charge >= 0.3 is 0 Å². The average molecular weight is 141 g/mol. The van der Waals surface area contributed by atoms with Gasteiger partial charge in [-0.25, -0.2) is 0 Å². The fraction of sp³-hybridized carbons (Fsp3) is 1.00. The Labute approximate surface area is 61.4 Å². The number of aliphatic hydroxyl groups excluding tert-OH is 1. The molecule has 3 N–H and O–H groups in total. The molecule has 2 aliphatic carbocycles. The molecule has 0 aromatic heterocycles. The second kappa shape index (κ2) is 1.74. The second-order valence-corrected chi connectivity index (χ2v) is 3.95. The van der Waals surface area contributed by atoms with Gasteiger partial charge in [0, 0.05) is 11.0 Å². The van der Waals surface area contributed by atoms with Crippen molar-refractivity contribution in [2.45, 2.75) is 37.6 Å². The maximum atomic E-state index is 9.13. The van der Waals surface area contributed by atoms with Crippen LogP contribution in [0.2, 0.25) is 0 Å². The Morgan fingerprint density at radius 2 is 1.80 bits per heavy atom. The van der Waals surface area contributed by atoms with Crippen LogP contribution in [0.1, 0.15) is 32.1 Å². The summed E-state index contributed by atoms with van der Waals surface area (Å²) in [7, 11) is 0. The summed E-state index contributed by atoms with van der Waals surface area (Å²) in [6.07, 6.45) is 5.83. The molecule has 0 atom stereocenters. The Morgan fingerprint density at radius 1 is 1.20 bits per heavy atom. The molecule has 0 aliphatic heterocycles. The molecular weight excluding hydrogens is 126 g/mol. The quantitative estimate of drug-likeness (QED) is 0.593. The van der Waals surface area contributed by atoms with Crippen LogP contribution in [0.3, 0.4) is 0 Å². The molecule has 0 spiro atoms. The van der Waals surface area contributed by atoms with Crippen LogP contribution < -0.4 is 5.73 Å². The molecule has 0 bridgehead atoms. The molecule has 0 unspecified atom stereocenters. The van der Waals surface area contributed by atoms with Crippen molar-refractivity contribution >= 4 is 0 Å². The van der Waals surface area contributed by atoms with E-state index in [9.17, 15) is 0 Å². The normalized spacial score (nSPS) is 33.0. The highest BCUT2D eigenvalue weighted by atomic mass is 16.3. The highest BCUT2D eigenvalue weighted by Crippen LogP contribution is 2.58. The number of rotatable bonds is 2. The van der Waals surface area contributed by atoms with Crippen molar-refractivity contribution in [3.05, 3.63) is 0 Å². The molecule has 0 aromatic rings. The number of aliphatic hydroxyl groups is 1. The maximum Gasteiger partial charge on any atom is 0.0505 e. The first-order valence-corrected chi connectivity index (χ1v) is 4.12. The maximum absolute atomic E-state index is 9.13. The van der Waals surface area contributed by atoms with E-state index in [0.717, 1.165) is 25.7 Å². The van der Waals surface area contributed by atoms with Crippen molar-refractivity contribution < 1.29 is 5.11 Å². The Morgan fingerprint density at radius 3 is 1.90 bits per heavy atom. The molecule has 2 nitrogen and oxygen atoms in total. The van der Waals surface area contributed by atoms with Crippen LogP contribution in [0.25, 0.3) is 0 Å². The lowest BCUT2D eigenvalue weighted by molar-refractivity contribution is 0.00924. The van der Waals surface area contributed by atoms with Crippen LogP contribution in [-0.4, -0.2) is 17.3 Å². The van der Waals surface area contributed by atoms with Gasteiger partial charge in [-0.1, -0.05) is 6.42 Å². The van der Waals surface area contributed by atoms with E-state index < -0.39 is 0 Å². The zero-order valence-corrected chi connectivity index (χ0v) is 6.27. The molecule has 58 valence electrons. The summed E-state index contributed by atoms with van der Waals surface area (Å²) >= 11 is 0. The number of hydrogen-bond acceptors (Lipinski definition) is 2.